The maximum absolute atomic E-state index is 12.4. The highest BCUT2D eigenvalue weighted by Crippen LogP contribution is 2.30. The molecule has 3 rings (SSSR count). The van der Waals surface area contributed by atoms with E-state index in [9.17, 15) is 4.79 Å². The maximum atomic E-state index is 12.4. The fraction of sp³-hybridized carbons (Fsp3) is 0.269. The summed E-state index contributed by atoms with van der Waals surface area (Å²) in [5.41, 5.74) is 4.19. The highest BCUT2D eigenvalue weighted by molar-refractivity contribution is 9.10. The summed E-state index contributed by atoms with van der Waals surface area (Å²) in [6.45, 7) is 7.40. The molecular formula is C26H28Br2N2O2. The van der Waals surface area contributed by atoms with Crippen molar-refractivity contribution in [2.24, 2.45) is 0 Å². The van der Waals surface area contributed by atoms with Gasteiger partial charge in [-0.2, -0.15) is 0 Å². The smallest absolute Gasteiger partial charge is 0.262 e. The molecule has 4 nitrogen and oxygen atoms in total. The van der Waals surface area contributed by atoms with Gasteiger partial charge in [0.1, 0.15) is 5.75 Å². The first-order chi connectivity index (χ1) is 15.5. The molecule has 0 unspecified atom stereocenters. The molecule has 6 heteroatoms. The second kappa shape index (κ2) is 12.2. The highest BCUT2D eigenvalue weighted by Gasteiger charge is 2.10. The van der Waals surface area contributed by atoms with E-state index in [1.807, 2.05) is 48.5 Å². The Morgan fingerprint density at radius 2 is 1.66 bits per heavy atom. The Balaban J connectivity index is 1.54. The number of likely N-dealkylation sites (N-methyl/N-ethyl adjacent to an activating group) is 1. The summed E-state index contributed by atoms with van der Waals surface area (Å²) in [7, 11) is 0. The standard InChI is InChI=1S/C26H28Br2N2O2/c1-3-30(4-2)15-14-20-10-12-22(17-23(20)27)29-26(31)18-32-25-13-11-21(16-24(25)28)19-8-6-5-7-9-19/h5-13,16-17H,3-4,14-15,18H2,1-2H3,(H,29,31). The Hall–Kier alpha value is -2.15. The molecule has 0 aliphatic heterocycles. The number of hydrogen-bond acceptors (Lipinski definition) is 3. The lowest BCUT2D eigenvalue weighted by atomic mass is 10.1. The first kappa shape index (κ1) is 24.5. The summed E-state index contributed by atoms with van der Waals surface area (Å²) in [4.78, 5) is 14.8. The van der Waals surface area contributed by atoms with Crippen LogP contribution in [0.1, 0.15) is 19.4 Å². The molecular weight excluding hydrogens is 532 g/mol. The van der Waals surface area contributed by atoms with Gasteiger partial charge in [-0.25, -0.2) is 0 Å². The van der Waals surface area contributed by atoms with E-state index in [-0.39, 0.29) is 12.5 Å². The number of hydrogen-bond donors (Lipinski definition) is 1. The van der Waals surface area contributed by atoms with E-state index in [0.717, 1.165) is 51.8 Å². The van der Waals surface area contributed by atoms with Gasteiger partial charge < -0.3 is 15.0 Å². The molecule has 0 spiro atoms. The van der Waals surface area contributed by atoms with Crippen molar-refractivity contribution in [3.8, 4) is 16.9 Å². The number of rotatable bonds is 10. The summed E-state index contributed by atoms with van der Waals surface area (Å²) >= 11 is 7.18. The lowest BCUT2D eigenvalue weighted by molar-refractivity contribution is -0.118. The zero-order valence-corrected chi connectivity index (χ0v) is 21.6. The fourth-order valence-corrected chi connectivity index (χ4v) is 4.48. The van der Waals surface area contributed by atoms with E-state index < -0.39 is 0 Å². The quantitative estimate of drug-likeness (QED) is 0.297. The molecule has 1 amide bonds. The lowest BCUT2D eigenvalue weighted by Gasteiger charge is -2.18. The van der Waals surface area contributed by atoms with Crippen molar-refractivity contribution >= 4 is 43.5 Å². The molecule has 0 saturated carbocycles. The van der Waals surface area contributed by atoms with Gasteiger partial charge in [-0.3, -0.25) is 4.79 Å². The summed E-state index contributed by atoms with van der Waals surface area (Å²) in [5, 5.41) is 2.90. The van der Waals surface area contributed by atoms with Gasteiger partial charge >= 0.3 is 0 Å². The Kier molecular flexibility index (Phi) is 9.33. The number of anilines is 1. The molecule has 0 aliphatic carbocycles. The third-order valence-corrected chi connectivity index (χ3v) is 6.68. The van der Waals surface area contributed by atoms with Gasteiger partial charge in [0, 0.05) is 16.7 Å². The monoisotopic (exact) mass is 558 g/mol. The van der Waals surface area contributed by atoms with Crippen LogP contribution < -0.4 is 10.1 Å². The second-order valence-corrected chi connectivity index (χ2v) is 9.14. The van der Waals surface area contributed by atoms with Crippen molar-refractivity contribution in [1.82, 2.24) is 4.90 Å². The molecule has 0 bridgehead atoms. The number of nitrogens with one attached hydrogen (secondary N) is 1. The van der Waals surface area contributed by atoms with Gasteiger partial charge in [-0.1, -0.05) is 72.2 Å². The van der Waals surface area contributed by atoms with E-state index in [1.54, 1.807) is 0 Å². The van der Waals surface area contributed by atoms with Crippen LogP contribution in [-0.2, 0) is 11.2 Å². The van der Waals surface area contributed by atoms with Crippen LogP contribution in [0.3, 0.4) is 0 Å². The zero-order valence-electron chi connectivity index (χ0n) is 18.4. The van der Waals surface area contributed by atoms with Gasteiger partial charge in [-0.15, -0.1) is 0 Å². The number of benzene rings is 3. The third kappa shape index (κ3) is 6.92. The summed E-state index contributed by atoms with van der Waals surface area (Å²) in [5.74, 6) is 0.430. The molecule has 0 fully saturated rings. The minimum Gasteiger partial charge on any atom is -0.483 e. The van der Waals surface area contributed by atoms with E-state index in [0.29, 0.717) is 5.75 Å². The predicted molar refractivity (Wildman–Crippen MR) is 139 cm³/mol. The van der Waals surface area contributed by atoms with Crippen LogP contribution in [0.4, 0.5) is 5.69 Å². The van der Waals surface area contributed by atoms with Gasteiger partial charge in [0.15, 0.2) is 6.61 Å². The van der Waals surface area contributed by atoms with Crippen molar-refractivity contribution in [3.63, 3.8) is 0 Å². The Morgan fingerprint density at radius 3 is 2.31 bits per heavy atom. The number of amides is 1. The highest BCUT2D eigenvalue weighted by atomic mass is 79.9. The average molecular weight is 560 g/mol. The molecule has 0 heterocycles. The number of halogens is 2. The normalized spacial score (nSPS) is 10.9. The largest absolute Gasteiger partial charge is 0.483 e. The molecule has 0 radical (unpaired) electrons. The van der Waals surface area contributed by atoms with Crippen molar-refractivity contribution < 1.29 is 9.53 Å². The van der Waals surface area contributed by atoms with Crippen LogP contribution in [0, 0.1) is 0 Å². The molecule has 168 valence electrons. The van der Waals surface area contributed by atoms with Crippen molar-refractivity contribution in [3.05, 3.63) is 81.2 Å². The summed E-state index contributed by atoms with van der Waals surface area (Å²) in [6.07, 6.45) is 0.965. The topological polar surface area (TPSA) is 41.6 Å². The van der Waals surface area contributed by atoms with Crippen LogP contribution >= 0.6 is 31.9 Å². The van der Waals surface area contributed by atoms with Crippen LogP contribution in [0.2, 0.25) is 0 Å². The van der Waals surface area contributed by atoms with Crippen LogP contribution in [0.15, 0.2) is 75.7 Å². The number of ether oxygens (including phenoxy) is 1. The van der Waals surface area contributed by atoms with E-state index in [1.165, 1.54) is 5.56 Å². The first-order valence-electron chi connectivity index (χ1n) is 10.8. The van der Waals surface area contributed by atoms with Gasteiger partial charge in [-0.05, 0) is 76.4 Å². The fourth-order valence-electron chi connectivity index (χ4n) is 3.41. The molecule has 0 aromatic heterocycles. The Morgan fingerprint density at radius 1 is 0.906 bits per heavy atom. The number of nitrogens with zero attached hydrogens (tertiary/aromatic N) is 1. The van der Waals surface area contributed by atoms with Gasteiger partial charge in [0.2, 0.25) is 0 Å². The van der Waals surface area contributed by atoms with Crippen molar-refractivity contribution in [2.75, 3.05) is 31.6 Å². The zero-order chi connectivity index (χ0) is 22.9. The molecule has 0 atom stereocenters. The van der Waals surface area contributed by atoms with Crippen LogP contribution in [0.25, 0.3) is 11.1 Å². The average Bonchev–Trinajstić information content (AvgIpc) is 2.80. The van der Waals surface area contributed by atoms with Gasteiger partial charge in [0.05, 0.1) is 4.47 Å². The molecule has 32 heavy (non-hydrogen) atoms. The Labute approximate surface area is 207 Å². The lowest BCUT2D eigenvalue weighted by Crippen LogP contribution is -2.25. The molecule has 0 aliphatic rings. The van der Waals surface area contributed by atoms with Crippen molar-refractivity contribution in [2.45, 2.75) is 20.3 Å². The molecule has 3 aromatic rings. The van der Waals surface area contributed by atoms with E-state index in [2.05, 4.69) is 74.1 Å². The van der Waals surface area contributed by atoms with E-state index in [4.69, 9.17) is 4.74 Å². The maximum Gasteiger partial charge on any atom is 0.262 e. The van der Waals surface area contributed by atoms with Crippen LogP contribution in [0.5, 0.6) is 5.75 Å². The van der Waals surface area contributed by atoms with E-state index >= 15 is 0 Å². The SMILES string of the molecule is CCN(CC)CCc1ccc(NC(=O)COc2ccc(-c3ccccc3)cc2Br)cc1Br. The molecule has 1 N–H and O–H groups in total. The second-order valence-electron chi connectivity index (χ2n) is 7.43. The van der Waals surface area contributed by atoms with Crippen LogP contribution in [-0.4, -0.2) is 37.0 Å². The number of carbonyl (C=O) groups is 1. The molecule has 0 saturated heterocycles. The van der Waals surface area contributed by atoms with Gasteiger partial charge in [0.25, 0.3) is 5.91 Å². The summed E-state index contributed by atoms with van der Waals surface area (Å²) < 4.78 is 7.54. The third-order valence-electron chi connectivity index (χ3n) is 5.33. The van der Waals surface area contributed by atoms with Crippen molar-refractivity contribution in [1.29, 1.82) is 0 Å². The summed E-state index contributed by atoms with van der Waals surface area (Å²) in [6, 6.07) is 21.9. The first-order valence-corrected chi connectivity index (χ1v) is 12.4. The Bertz CT molecular complexity index is 1040. The predicted octanol–water partition coefficient (Wildman–Crippen LogP) is 6.78. The minimum absolute atomic E-state index is 0.0649. The number of carbonyl (C=O) groups excluding carboxylic acids is 1. The molecule has 3 aromatic carbocycles. The minimum atomic E-state index is -0.202.